The third-order valence-corrected chi connectivity index (χ3v) is 5.20. The zero-order valence-corrected chi connectivity index (χ0v) is 11.1. The molecule has 0 aliphatic rings. The highest BCUT2D eigenvalue weighted by Crippen LogP contribution is 2.14. The van der Waals surface area contributed by atoms with Gasteiger partial charge < -0.3 is 0 Å². The van der Waals surface area contributed by atoms with Gasteiger partial charge >= 0.3 is 0 Å². The van der Waals surface area contributed by atoms with E-state index in [1.165, 1.54) is 17.7 Å². The standard InChI is InChI=1S/C12H16FN3Si/c1-17(2,10-16-9-14-8-15-16)7-11-3-5-12(13)6-4-11/h3-6,8-9H,7,10H2,1-2H3. The van der Waals surface area contributed by atoms with Gasteiger partial charge in [-0.15, -0.1) is 0 Å². The van der Waals surface area contributed by atoms with E-state index in [-0.39, 0.29) is 5.82 Å². The average Bonchev–Trinajstić information content (AvgIpc) is 2.73. The first-order valence-corrected chi connectivity index (χ1v) is 9.03. The summed E-state index contributed by atoms with van der Waals surface area (Å²) in [7, 11) is -1.43. The van der Waals surface area contributed by atoms with E-state index in [1.54, 1.807) is 12.7 Å². The summed E-state index contributed by atoms with van der Waals surface area (Å²) in [6, 6.07) is 7.80. The zero-order chi connectivity index (χ0) is 12.3. The number of rotatable bonds is 4. The predicted molar refractivity (Wildman–Crippen MR) is 67.6 cm³/mol. The molecule has 0 fully saturated rings. The first kappa shape index (κ1) is 12.0. The third-order valence-electron chi connectivity index (χ3n) is 2.65. The van der Waals surface area contributed by atoms with Crippen molar-refractivity contribution in [3.05, 3.63) is 48.3 Å². The molecule has 0 saturated carbocycles. The van der Waals surface area contributed by atoms with Crippen LogP contribution in [0.4, 0.5) is 4.39 Å². The molecule has 0 unspecified atom stereocenters. The minimum absolute atomic E-state index is 0.176. The highest BCUT2D eigenvalue weighted by atomic mass is 28.3. The summed E-state index contributed by atoms with van der Waals surface area (Å²) in [5.41, 5.74) is 1.20. The lowest BCUT2D eigenvalue weighted by Gasteiger charge is -2.22. The van der Waals surface area contributed by atoms with Gasteiger partial charge in [0, 0.05) is 6.17 Å². The van der Waals surface area contributed by atoms with E-state index in [0.29, 0.717) is 0 Å². The first-order valence-electron chi connectivity index (χ1n) is 5.62. The summed E-state index contributed by atoms with van der Waals surface area (Å²) in [6.45, 7) is 4.61. The van der Waals surface area contributed by atoms with Crippen LogP contribution in [-0.4, -0.2) is 22.8 Å². The van der Waals surface area contributed by atoms with Crippen molar-refractivity contribution in [3.63, 3.8) is 0 Å². The van der Waals surface area contributed by atoms with Crippen LogP contribution >= 0.6 is 0 Å². The van der Waals surface area contributed by atoms with Gasteiger partial charge in [-0.3, -0.25) is 4.68 Å². The Morgan fingerprint density at radius 2 is 1.94 bits per heavy atom. The van der Waals surface area contributed by atoms with Crippen LogP contribution in [0.15, 0.2) is 36.9 Å². The molecule has 1 aromatic heterocycles. The number of nitrogens with zero attached hydrogens (tertiary/aromatic N) is 3. The molecular formula is C12H16FN3Si. The van der Waals surface area contributed by atoms with E-state index in [1.807, 2.05) is 16.8 Å². The van der Waals surface area contributed by atoms with Crippen molar-refractivity contribution in [1.82, 2.24) is 14.8 Å². The van der Waals surface area contributed by atoms with Crippen LogP contribution in [0, 0.1) is 5.82 Å². The number of hydrogen-bond donors (Lipinski definition) is 0. The van der Waals surface area contributed by atoms with Gasteiger partial charge in [-0.2, -0.15) is 5.10 Å². The molecule has 0 N–H and O–H groups in total. The fourth-order valence-corrected chi connectivity index (χ4v) is 4.46. The van der Waals surface area contributed by atoms with Gasteiger partial charge in [-0.25, -0.2) is 9.37 Å². The smallest absolute Gasteiger partial charge is 0.137 e. The maximum atomic E-state index is 12.8. The first-order chi connectivity index (χ1) is 8.05. The summed E-state index contributed by atoms with van der Waals surface area (Å²) < 4.78 is 14.7. The average molecular weight is 249 g/mol. The van der Waals surface area contributed by atoms with E-state index in [4.69, 9.17) is 0 Å². The Morgan fingerprint density at radius 1 is 1.24 bits per heavy atom. The number of halogens is 1. The maximum Gasteiger partial charge on any atom is 0.137 e. The summed E-state index contributed by atoms with van der Waals surface area (Å²) in [6.07, 6.45) is 4.24. The molecule has 0 radical (unpaired) electrons. The molecule has 17 heavy (non-hydrogen) atoms. The van der Waals surface area contributed by atoms with Crippen molar-refractivity contribution in [2.45, 2.75) is 25.3 Å². The molecule has 0 aliphatic heterocycles. The van der Waals surface area contributed by atoms with Gasteiger partial charge in [0.15, 0.2) is 0 Å². The van der Waals surface area contributed by atoms with E-state index in [0.717, 1.165) is 12.2 Å². The molecule has 0 bridgehead atoms. The van der Waals surface area contributed by atoms with Gasteiger partial charge in [0.05, 0.1) is 8.07 Å². The van der Waals surface area contributed by atoms with Gasteiger partial charge in [-0.1, -0.05) is 30.8 Å². The number of hydrogen-bond acceptors (Lipinski definition) is 2. The summed E-state index contributed by atoms with van der Waals surface area (Å²) in [4.78, 5) is 3.95. The van der Waals surface area contributed by atoms with Gasteiger partial charge in [0.1, 0.15) is 18.5 Å². The number of aromatic nitrogens is 3. The maximum absolute atomic E-state index is 12.8. The van der Waals surface area contributed by atoms with E-state index in [9.17, 15) is 4.39 Å². The highest BCUT2D eigenvalue weighted by molar-refractivity contribution is 6.75. The molecule has 2 aromatic rings. The van der Waals surface area contributed by atoms with Gasteiger partial charge in [0.2, 0.25) is 0 Å². The van der Waals surface area contributed by atoms with Crippen LogP contribution in [0.2, 0.25) is 13.1 Å². The van der Waals surface area contributed by atoms with Crippen molar-refractivity contribution in [1.29, 1.82) is 0 Å². The Balaban J connectivity index is 2.03. The Bertz CT molecular complexity index is 465. The fourth-order valence-electron chi connectivity index (χ4n) is 1.96. The molecule has 2 rings (SSSR count). The van der Waals surface area contributed by atoms with Crippen LogP contribution in [0.3, 0.4) is 0 Å². The molecule has 90 valence electrons. The molecule has 0 spiro atoms. The normalized spacial score (nSPS) is 11.7. The van der Waals surface area contributed by atoms with E-state index in [2.05, 4.69) is 23.2 Å². The fraction of sp³-hybridized carbons (Fsp3) is 0.333. The molecular weight excluding hydrogens is 233 g/mol. The van der Waals surface area contributed by atoms with Crippen molar-refractivity contribution < 1.29 is 4.39 Å². The molecule has 3 nitrogen and oxygen atoms in total. The van der Waals surface area contributed by atoms with Crippen molar-refractivity contribution in [2.75, 3.05) is 0 Å². The molecule has 0 amide bonds. The lowest BCUT2D eigenvalue weighted by molar-refractivity contribution is 0.627. The van der Waals surface area contributed by atoms with Gasteiger partial charge in [0.25, 0.3) is 0 Å². The predicted octanol–water partition coefficient (Wildman–Crippen LogP) is 2.45. The monoisotopic (exact) mass is 249 g/mol. The second-order valence-corrected chi connectivity index (χ2v) is 10.1. The van der Waals surface area contributed by atoms with Crippen LogP contribution in [0.1, 0.15) is 5.56 Å². The molecule has 0 atom stereocenters. The summed E-state index contributed by atoms with van der Waals surface area (Å²) in [5.74, 6) is -0.176. The molecule has 1 aromatic carbocycles. The molecule has 0 saturated heterocycles. The second kappa shape index (κ2) is 4.79. The number of benzene rings is 1. The van der Waals surface area contributed by atoms with Crippen LogP contribution in [0.5, 0.6) is 0 Å². The SMILES string of the molecule is C[Si](C)(Cc1ccc(F)cc1)Cn1cncn1. The molecule has 0 aliphatic carbocycles. The molecule has 1 heterocycles. The van der Waals surface area contributed by atoms with E-state index >= 15 is 0 Å². The van der Waals surface area contributed by atoms with Crippen LogP contribution in [0.25, 0.3) is 0 Å². The minimum atomic E-state index is -1.43. The van der Waals surface area contributed by atoms with Crippen LogP contribution < -0.4 is 0 Å². The lowest BCUT2D eigenvalue weighted by atomic mass is 10.2. The quantitative estimate of drug-likeness (QED) is 0.779. The van der Waals surface area contributed by atoms with Gasteiger partial charge in [-0.05, 0) is 18.2 Å². The Morgan fingerprint density at radius 3 is 2.53 bits per heavy atom. The largest absolute Gasteiger partial charge is 0.256 e. The Labute approximate surface area is 101 Å². The van der Waals surface area contributed by atoms with Crippen molar-refractivity contribution >= 4 is 8.07 Å². The Hall–Kier alpha value is -1.49. The molecule has 5 heteroatoms. The lowest BCUT2D eigenvalue weighted by Crippen LogP contribution is -2.36. The Kier molecular flexibility index (Phi) is 3.37. The zero-order valence-electron chi connectivity index (χ0n) is 10.1. The highest BCUT2D eigenvalue weighted by Gasteiger charge is 2.22. The minimum Gasteiger partial charge on any atom is -0.256 e. The topological polar surface area (TPSA) is 30.7 Å². The summed E-state index contributed by atoms with van der Waals surface area (Å²) in [5, 5.41) is 4.14. The summed E-state index contributed by atoms with van der Waals surface area (Å²) >= 11 is 0. The van der Waals surface area contributed by atoms with Crippen molar-refractivity contribution in [2.24, 2.45) is 0 Å². The van der Waals surface area contributed by atoms with Crippen molar-refractivity contribution in [3.8, 4) is 0 Å². The third kappa shape index (κ3) is 3.49. The van der Waals surface area contributed by atoms with E-state index < -0.39 is 8.07 Å². The second-order valence-electron chi connectivity index (χ2n) is 5.06. The van der Waals surface area contributed by atoms with Crippen LogP contribution in [-0.2, 0) is 12.2 Å².